The molecule has 104 valence electrons. The maximum absolute atomic E-state index is 13.6. The van der Waals surface area contributed by atoms with Gasteiger partial charge in [-0.15, -0.1) is 0 Å². The Bertz CT molecular complexity index is 448. The first-order valence-corrected chi connectivity index (χ1v) is 7.42. The maximum atomic E-state index is 13.6. The summed E-state index contributed by atoms with van der Waals surface area (Å²) < 4.78 is 21.3. The van der Waals surface area contributed by atoms with Crippen LogP contribution in [0.1, 0.15) is 38.5 Å². The molecule has 0 unspecified atom stereocenters. The van der Waals surface area contributed by atoms with Crippen molar-refractivity contribution >= 4 is 5.69 Å². The first kappa shape index (κ1) is 11.7. The lowest BCUT2D eigenvalue weighted by Gasteiger charge is -2.43. The minimum Gasteiger partial charge on any atom is -0.380 e. The third kappa shape index (κ3) is 2.92. The molecule has 1 saturated carbocycles. The molecule has 1 saturated heterocycles. The summed E-state index contributed by atoms with van der Waals surface area (Å²) in [5.41, 5.74) is 1.10. The van der Waals surface area contributed by atoms with E-state index in [1.54, 1.807) is 11.4 Å². The summed E-state index contributed by atoms with van der Waals surface area (Å²) in [6, 6.07) is 7.33. The molecule has 2 aliphatic rings. The summed E-state index contributed by atoms with van der Waals surface area (Å²) in [7, 11) is 0. The van der Waals surface area contributed by atoms with E-state index < -0.39 is 0 Å². The lowest BCUT2D eigenvalue weighted by molar-refractivity contribution is 0.128. The second-order valence-corrected chi connectivity index (χ2v) is 6.07. The van der Waals surface area contributed by atoms with Gasteiger partial charge >= 0.3 is 0 Å². The van der Waals surface area contributed by atoms with Crippen molar-refractivity contribution in [3.8, 4) is 0 Å². The standard InChI is InChI=1S/C16H23FN2/c17-14-3-1-2-4-15(14)19-13-5-7-16(8-6-13)9-11-18-12-10-16/h1-4,13,18-19H,5-12H2/i/hD. The van der Waals surface area contributed by atoms with Crippen LogP contribution in [0.15, 0.2) is 24.3 Å². The van der Waals surface area contributed by atoms with Crippen molar-refractivity contribution in [1.29, 1.82) is 0 Å². The van der Waals surface area contributed by atoms with Crippen LogP contribution in [-0.2, 0) is 0 Å². The SMILES string of the molecule is [2H]N1CCC2(CCC(Nc3ccccc3F)CC2)CC1. The fourth-order valence-corrected chi connectivity index (χ4v) is 3.54. The van der Waals surface area contributed by atoms with Gasteiger partial charge in [-0.2, -0.15) is 0 Å². The van der Waals surface area contributed by atoms with Crippen molar-refractivity contribution in [1.82, 2.24) is 5.31 Å². The molecular weight excluding hydrogens is 239 g/mol. The molecule has 0 atom stereocenters. The van der Waals surface area contributed by atoms with Crippen molar-refractivity contribution in [2.45, 2.75) is 44.6 Å². The van der Waals surface area contributed by atoms with E-state index in [4.69, 9.17) is 1.41 Å². The number of benzene rings is 1. The Morgan fingerprint density at radius 1 is 1.16 bits per heavy atom. The zero-order valence-corrected chi connectivity index (χ0v) is 11.4. The highest BCUT2D eigenvalue weighted by Gasteiger charge is 2.36. The molecule has 0 bridgehead atoms. The van der Waals surface area contributed by atoms with Crippen LogP contribution >= 0.6 is 0 Å². The van der Waals surface area contributed by atoms with Gasteiger partial charge in [-0.3, -0.25) is 0 Å². The Kier molecular flexibility index (Phi) is 3.39. The van der Waals surface area contributed by atoms with Crippen LogP contribution < -0.4 is 10.6 Å². The Labute approximate surface area is 116 Å². The molecule has 3 heteroatoms. The van der Waals surface area contributed by atoms with Gasteiger partial charge < -0.3 is 10.6 Å². The molecule has 2 fully saturated rings. The lowest BCUT2D eigenvalue weighted by Crippen LogP contribution is -2.41. The molecule has 2 nitrogen and oxygen atoms in total. The van der Waals surface area contributed by atoms with Crippen molar-refractivity contribution in [3.63, 3.8) is 0 Å². The molecule has 0 radical (unpaired) electrons. The number of hydrogen-bond acceptors (Lipinski definition) is 2. The van der Waals surface area contributed by atoms with Crippen LogP contribution in [0.25, 0.3) is 0 Å². The van der Waals surface area contributed by atoms with E-state index in [9.17, 15) is 4.39 Å². The van der Waals surface area contributed by atoms with E-state index in [0.717, 1.165) is 38.8 Å². The number of para-hydroxylation sites is 1. The van der Waals surface area contributed by atoms with Crippen LogP contribution in [0, 0.1) is 11.2 Å². The van der Waals surface area contributed by atoms with E-state index >= 15 is 0 Å². The van der Waals surface area contributed by atoms with E-state index in [0.29, 0.717) is 17.1 Å². The average molecular weight is 263 g/mol. The third-order valence-electron chi connectivity index (χ3n) is 4.88. The second kappa shape index (κ2) is 5.49. The minimum atomic E-state index is -0.157. The van der Waals surface area contributed by atoms with E-state index in [-0.39, 0.29) is 5.82 Å². The second-order valence-electron chi connectivity index (χ2n) is 6.07. The van der Waals surface area contributed by atoms with E-state index in [1.807, 2.05) is 12.1 Å². The molecule has 19 heavy (non-hydrogen) atoms. The summed E-state index contributed by atoms with van der Waals surface area (Å²) >= 11 is 0. The normalized spacial score (nSPS) is 25.2. The van der Waals surface area contributed by atoms with Gasteiger partial charge in [0.15, 0.2) is 0 Å². The smallest absolute Gasteiger partial charge is 0.146 e. The molecule has 1 spiro atoms. The van der Waals surface area contributed by atoms with Crippen LogP contribution in [0.5, 0.6) is 0 Å². The Balaban J connectivity index is 1.55. The molecule has 0 aromatic heterocycles. The molecular formula is C16H23FN2. The Morgan fingerprint density at radius 3 is 2.53 bits per heavy atom. The summed E-state index contributed by atoms with van der Waals surface area (Å²) in [5.74, 6) is -0.157. The fourth-order valence-electron chi connectivity index (χ4n) is 3.54. The number of anilines is 1. The molecule has 1 aromatic rings. The summed E-state index contributed by atoms with van der Waals surface area (Å²) in [5, 5.41) is 5.05. The van der Waals surface area contributed by atoms with Crippen molar-refractivity contribution < 1.29 is 5.80 Å². The predicted octanol–water partition coefficient (Wildman–Crippen LogP) is 3.55. The first-order chi connectivity index (χ1) is 9.67. The third-order valence-corrected chi connectivity index (χ3v) is 4.88. The highest BCUT2D eigenvalue weighted by molar-refractivity contribution is 5.45. The van der Waals surface area contributed by atoms with Gasteiger partial charge in [-0.25, -0.2) is 4.39 Å². The topological polar surface area (TPSA) is 24.1 Å². The first-order valence-electron chi connectivity index (χ1n) is 7.87. The van der Waals surface area contributed by atoms with Crippen molar-refractivity contribution in [2.24, 2.45) is 5.41 Å². The summed E-state index contributed by atoms with van der Waals surface area (Å²) in [6.45, 7) is 1.82. The van der Waals surface area contributed by atoms with Gasteiger partial charge in [0.2, 0.25) is 0 Å². The maximum Gasteiger partial charge on any atom is 0.146 e. The highest BCUT2D eigenvalue weighted by Crippen LogP contribution is 2.43. The lowest BCUT2D eigenvalue weighted by atomic mass is 9.67. The molecule has 3 rings (SSSR count). The molecule has 1 aliphatic heterocycles. The van der Waals surface area contributed by atoms with E-state index in [2.05, 4.69) is 5.32 Å². The summed E-state index contributed by atoms with van der Waals surface area (Å²) in [4.78, 5) is 0. The van der Waals surface area contributed by atoms with Crippen molar-refractivity contribution in [2.75, 3.05) is 18.4 Å². The van der Waals surface area contributed by atoms with Gasteiger partial charge in [0.05, 0.1) is 5.69 Å². The number of piperidine rings is 1. The number of hydrogen-bond donors (Lipinski definition) is 2. The zero-order chi connectivity index (χ0) is 14.0. The Hall–Kier alpha value is -1.09. The minimum absolute atomic E-state index is 0.157. The largest absolute Gasteiger partial charge is 0.380 e. The highest BCUT2D eigenvalue weighted by atomic mass is 19.1. The van der Waals surface area contributed by atoms with Crippen molar-refractivity contribution in [3.05, 3.63) is 30.1 Å². The monoisotopic (exact) mass is 263 g/mol. The molecule has 1 aromatic carbocycles. The summed E-state index contributed by atoms with van der Waals surface area (Å²) in [6.07, 6.45) is 6.98. The van der Waals surface area contributed by atoms with Gasteiger partial charge in [-0.05, 0) is 69.2 Å². The predicted molar refractivity (Wildman–Crippen MR) is 76.8 cm³/mol. The molecule has 2 N–H and O–H groups in total. The number of rotatable bonds is 2. The van der Waals surface area contributed by atoms with E-state index in [1.165, 1.54) is 18.9 Å². The molecule has 1 aliphatic carbocycles. The molecule has 0 amide bonds. The Morgan fingerprint density at radius 2 is 1.84 bits per heavy atom. The quantitative estimate of drug-likeness (QED) is 0.852. The van der Waals surface area contributed by atoms with Crippen LogP contribution in [0.4, 0.5) is 10.1 Å². The van der Waals surface area contributed by atoms with Gasteiger partial charge in [0.25, 0.3) is 0 Å². The van der Waals surface area contributed by atoms with Crippen LogP contribution in [-0.4, -0.2) is 19.1 Å². The zero-order valence-electron chi connectivity index (χ0n) is 12.4. The number of nitrogens with one attached hydrogen (secondary N) is 2. The number of halogens is 1. The van der Waals surface area contributed by atoms with Crippen LogP contribution in [0.2, 0.25) is 1.41 Å². The average Bonchev–Trinajstić information content (AvgIpc) is 2.47. The van der Waals surface area contributed by atoms with Gasteiger partial charge in [0.1, 0.15) is 7.23 Å². The van der Waals surface area contributed by atoms with Gasteiger partial charge in [0, 0.05) is 6.04 Å². The van der Waals surface area contributed by atoms with Gasteiger partial charge in [-0.1, -0.05) is 12.1 Å². The van der Waals surface area contributed by atoms with Crippen LogP contribution in [0.3, 0.4) is 0 Å². The fraction of sp³-hybridized carbons (Fsp3) is 0.625. The molecule has 1 heterocycles.